The van der Waals surface area contributed by atoms with Gasteiger partial charge in [0.2, 0.25) is 0 Å². The summed E-state index contributed by atoms with van der Waals surface area (Å²) in [6.07, 6.45) is 1.97. The molecule has 4 nitrogen and oxygen atoms in total. The standard InChI is InChI=1S/C15H21NO3S/c1-3-5-16-15-10-8-11-12(19-7-6-18-11)9-14(10)20(17)13(15)4-2/h8-9,13,15-16H,3-7H2,1-2H3. The second-order valence-corrected chi connectivity index (χ2v) is 6.85. The molecule has 0 fully saturated rings. The Morgan fingerprint density at radius 2 is 1.95 bits per heavy atom. The molecule has 0 amide bonds. The van der Waals surface area contributed by atoms with Crippen LogP contribution in [0.4, 0.5) is 0 Å². The minimum absolute atomic E-state index is 0.139. The first-order valence-electron chi connectivity index (χ1n) is 7.33. The molecule has 3 unspecified atom stereocenters. The number of ether oxygens (including phenoxy) is 2. The van der Waals surface area contributed by atoms with Gasteiger partial charge in [-0.15, -0.1) is 0 Å². The maximum absolute atomic E-state index is 12.7. The van der Waals surface area contributed by atoms with Gasteiger partial charge >= 0.3 is 0 Å². The van der Waals surface area contributed by atoms with Crippen LogP contribution in [-0.4, -0.2) is 29.2 Å². The highest BCUT2D eigenvalue weighted by atomic mass is 32.2. The Labute approximate surface area is 122 Å². The minimum Gasteiger partial charge on any atom is -0.486 e. The zero-order valence-corrected chi connectivity index (χ0v) is 12.8. The van der Waals surface area contributed by atoms with E-state index in [1.165, 1.54) is 0 Å². The summed E-state index contributed by atoms with van der Waals surface area (Å²) in [6, 6.07) is 4.09. The van der Waals surface area contributed by atoms with Crippen molar-refractivity contribution in [2.24, 2.45) is 0 Å². The Morgan fingerprint density at radius 3 is 2.60 bits per heavy atom. The number of fused-ring (bicyclic) bond motifs is 2. The lowest BCUT2D eigenvalue weighted by molar-refractivity contribution is 0.170. The molecule has 1 aromatic rings. The van der Waals surface area contributed by atoms with Gasteiger partial charge in [-0.1, -0.05) is 13.8 Å². The molecule has 0 radical (unpaired) electrons. The molecule has 110 valence electrons. The summed E-state index contributed by atoms with van der Waals surface area (Å²) >= 11 is 0. The fourth-order valence-electron chi connectivity index (χ4n) is 2.92. The van der Waals surface area contributed by atoms with Crippen molar-refractivity contribution >= 4 is 10.8 Å². The van der Waals surface area contributed by atoms with Gasteiger partial charge in [-0.05, 0) is 31.0 Å². The smallest absolute Gasteiger partial charge is 0.162 e. The topological polar surface area (TPSA) is 47.6 Å². The van der Waals surface area contributed by atoms with Crippen LogP contribution in [0.1, 0.15) is 38.3 Å². The summed E-state index contributed by atoms with van der Waals surface area (Å²) in [6.45, 7) is 6.32. The van der Waals surface area contributed by atoms with Crippen molar-refractivity contribution < 1.29 is 13.7 Å². The zero-order chi connectivity index (χ0) is 14.1. The summed E-state index contributed by atoms with van der Waals surface area (Å²) in [4.78, 5) is 0.912. The van der Waals surface area contributed by atoms with Crippen LogP contribution in [0.25, 0.3) is 0 Å². The second kappa shape index (κ2) is 5.74. The van der Waals surface area contributed by atoms with E-state index < -0.39 is 10.8 Å². The second-order valence-electron chi connectivity index (χ2n) is 5.21. The summed E-state index contributed by atoms with van der Waals surface area (Å²) < 4.78 is 23.9. The molecule has 3 rings (SSSR count). The normalized spacial score (nSPS) is 27.4. The molecule has 2 aliphatic heterocycles. The van der Waals surface area contributed by atoms with Crippen LogP contribution in [0.15, 0.2) is 17.0 Å². The molecule has 0 aliphatic carbocycles. The van der Waals surface area contributed by atoms with Crippen LogP contribution in [-0.2, 0) is 10.8 Å². The predicted molar refractivity (Wildman–Crippen MR) is 79.0 cm³/mol. The third kappa shape index (κ3) is 2.23. The van der Waals surface area contributed by atoms with E-state index >= 15 is 0 Å². The van der Waals surface area contributed by atoms with Crippen LogP contribution in [0, 0.1) is 0 Å². The maximum atomic E-state index is 12.7. The average molecular weight is 295 g/mol. The minimum atomic E-state index is -0.965. The maximum Gasteiger partial charge on any atom is 0.162 e. The van der Waals surface area contributed by atoms with Crippen molar-refractivity contribution in [2.45, 2.75) is 42.9 Å². The zero-order valence-electron chi connectivity index (χ0n) is 12.0. The molecule has 3 atom stereocenters. The van der Waals surface area contributed by atoms with Crippen LogP contribution < -0.4 is 14.8 Å². The van der Waals surface area contributed by atoms with Gasteiger partial charge in [0.15, 0.2) is 11.5 Å². The van der Waals surface area contributed by atoms with Gasteiger partial charge in [-0.3, -0.25) is 4.21 Å². The van der Waals surface area contributed by atoms with E-state index in [1.54, 1.807) is 0 Å². The first kappa shape index (κ1) is 13.9. The molecule has 0 saturated heterocycles. The lowest BCUT2D eigenvalue weighted by Crippen LogP contribution is -2.30. The molecule has 0 bridgehead atoms. The van der Waals surface area contributed by atoms with E-state index in [0.717, 1.165) is 41.3 Å². The van der Waals surface area contributed by atoms with Crippen molar-refractivity contribution in [2.75, 3.05) is 19.8 Å². The van der Waals surface area contributed by atoms with Crippen LogP contribution in [0.3, 0.4) is 0 Å². The van der Waals surface area contributed by atoms with E-state index in [0.29, 0.717) is 13.2 Å². The molecule has 0 saturated carbocycles. The third-order valence-corrected chi connectivity index (χ3v) is 5.83. The van der Waals surface area contributed by atoms with Crippen molar-refractivity contribution in [3.63, 3.8) is 0 Å². The summed E-state index contributed by atoms with van der Waals surface area (Å²) in [5, 5.41) is 3.68. The number of benzene rings is 1. The van der Waals surface area contributed by atoms with Crippen LogP contribution >= 0.6 is 0 Å². The van der Waals surface area contributed by atoms with Crippen LogP contribution in [0.5, 0.6) is 11.5 Å². The number of hydrogen-bond donors (Lipinski definition) is 1. The first-order chi connectivity index (χ1) is 9.76. The first-order valence-corrected chi connectivity index (χ1v) is 8.55. The summed E-state index contributed by atoms with van der Waals surface area (Å²) in [7, 11) is -0.965. The molecule has 1 N–H and O–H groups in total. The quantitative estimate of drug-likeness (QED) is 0.926. The predicted octanol–water partition coefficient (Wildman–Crippen LogP) is 2.40. The molecule has 0 spiro atoms. The van der Waals surface area contributed by atoms with Gasteiger partial charge in [0.1, 0.15) is 13.2 Å². The highest BCUT2D eigenvalue weighted by Gasteiger charge is 2.38. The third-order valence-electron chi connectivity index (χ3n) is 3.89. The summed E-state index contributed by atoms with van der Waals surface area (Å²) in [5.41, 5.74) is 1.12. The molecular formula is C15H21NO3S. The molecular weight excluding hydrogens is 274 g/mol. The number of nitrogens with one attached hydrogen (secondary N) is 1. The van der Waals surface area contributed by atoms with Crippen molar-refractivity contribution in [3.8, 4) is 11.5 Å². The number of hydrogen-bond acceptors (Lipinski definition) is 4. The van der Waals surface area contributed by atoms with E-state index in [2.05, 4.69) is 19.2 Å². The fourth-order valence-corrected chi connectivity index (χ4v) is 4.68. The van der Waals surface area contributed by atoms with Crippen molar-refractivity contribution in [1.82, 2.24) is 5.32 Å². The van der Waals surface area contributed by atoms with Gasteiger partial charge in [0.25, 0.3) is 0 Å². The van der Waals surface area contributed by atoms with Crippen molar-refractivity contribution in [3.05, 3.63) is 17.7 Å². The Kier molecular flexibility index (Phi) is 3.98. The average Bonchev–Trinajstić information content (AvgIpc) is 2.74. The van der Waals surface area contributed by atoms with E-state index in [9.17, 15) is 4.21 Å². The van der Waals surface area contributed by atoms with E-state index in [4.69, 9.17) is 9.47 Å². The molecule has 2 aliphatic rings. The van der Waals surface area contributed by atoms with Gasteiger partial charge in [0, 0.05) is 17.0 Å². The summed E-state index contributed by atoms with van der Waals surface area (Å²) in [5.74, 6) is 1.52. The fraction of sp³-hybridized carbons (Fsp3) is 0.600. The molecule has 1 aromatic carbocycles. The number of rotatable bonds is 4. The largest absolute Gasteiger partial charge is 0.486 e. The molecule has 5 heteroatoms. The lowest BCUT2D eigenvalue weighted by atomic mass is 10.0. The van der Waals surface area contributed by atoms with Crippen molar-refractivity contribution in [1.29, 1.82) is 0 Å². The molecule has 0 aromatic heterocycles. The van der Waals surface area contributed by atoms with E-state index in [-0.39, 0.29) is 11.3 Å². The van der Waals surface area contributed by atoms with Gasteiger partial charge in [0.05, 0.1) is 16.0 Å². The van der Waals surface area contributed by atoms with Crippen LogP contribution in [0.2, 0.25) is 0 Å². The lowest BCUT2D eigenvalue weighted by Gasteiger charge is -2.21. The Balaban J connectivity index is 2.01. The Hall–Kier alpha value is -1.07. The van der Waals surface area contributed by atoms with Gasteiger partial charge in [-0.25, -0.2) is 0 Å². The Morgan fingerprint density at radius 1 is 1.25 bits per heavy atom. The highest BCUT2D eigenvalue weighted by Crippen LogP contribution is 2.44. The van der Waals surface area contributed by atoms with Gasteiger partial charge < -0.3 is 14.8 Å². The highest BCUT2D eigenvalue weighted by molar-refractivity contribution is 7.86. The Bertz CT molecular complexity index is 532. The molecule has 2 heterocycles. The molecule has 20 heavy (non-hydrogen) atoms. The monoisotopic (exact) mass is 295 g/mol. The van der Waals surface area contributed by atoms with Gasteiger partial charge in [-0.2, -0.15) is 0 Å². The SMILES string of the molecule is CCCNC1c2cc3c(cc2S(=O)C1CC)OCCO3. The van der Waals surface area contributed by atoms with E-state index in [1.807, 2.05) is 12.1 Å².